The highest BCUT2D eigenvalue weighted by atomic mass is 32.2. The first-order valence-electron chi connectivity index (χ1n) is 7.16. The summed E-state index contributed by atoms with van der Waals surface area (Å²) >= 11 is 2.10. The summed E-state index contributed by atoms with van der Waals surface area (Å²) in [6, 6.07) is 1.16. The Bertz CT molecular complexity index is 434. The summed E-state index contributed by atoms with van der Waals surface area (Å²) in [5, 5.41) is 16.4. The van der Waals surface area contributed by atoms with Crippen LogP contribution < -0.4 is 5.32 Å². The molecule has 1 aliphatic heterocycles. The third-order valence-electron chi connectivity index (χ3n) is 3.97. The first kappa shape index (κ1) is 13.4. The van der Waals surface area contributed by atoms with E-state index in [-0.39, 0.29) is 0 Å². The lowest BCUT2D eigenvalue weighted by Crippen LogP contribution is -2.31. The number of tetrazole rings is 1. The molecule has 0 spiro atoms. The van der Waals surface area contributed by atoms with Crippen LogP contribution in [0.1, 0.15) is 51.9 Å². The molecule has 0 aromatic carbocycles. The van der Waals surface area contributed by atoms with Crippen LogP contribution in [-0.2, 0) is 6.54 Å². The van der Waals surface area contributed by atoms with Crippen molar-refractivity contribution in [3.05, 3.63) is 5.82 Å². The summed E-state index contributed by atoms with van der Waals surface area (Å²) in [6.07, 6.45) is 3.70. The van der Waals surface area contributed by atoms with Gasteiger partial charge in [-0.2, -0.15) is 11.8 Å². The summed E-state index contributed by atoms with van der Waals surface area (Å²) in [7, 11) is 0. The van der Waals surface area contributed by atoms with E-state index in [0.29, 0.717) is 17.5 Å². The second-order valence-corrected chi connectivity index (χ2v) is 8.01. The van der Waals surface area contributed by atoms with Crippen LogP contribution in [-0.4, -0.2) is 37.3 Å². The first-order chi connectivity index (χ1) is 9.04. The molecular weight excluding hydrogens is 258 g/mol. The minimum Gasteiger partial charge on any atom is -0.306 e. The topological polar surface area (TPSA) is 55.6 Å². The number of rotatable bonds is 4. The fraction of sp³-hybridized carbons (Fsp3) is 0.923. The zero-order valence-electron chi connectivity index (χ0n) is 12.0. The lowest BCUT2D eigenvalue weighted by atomic mass is 9.88. The van der Waals surface area contributed by atoms with Crippen molar-refractivity contribution in [3.63, 3.8) is 0 Å². The van der Waals surface area contributed by atoms with Crippen LogP contribution in [0, 0.1) is 5.41 Å². The van der Waals surface area contributed by atoms with Gasteiger partial charge in [0.1, 0.15) is 0 Å². The number of nitrogens with one attached hydrogen (secondary N) is 1. The van der Waals surface area contributed by atoms with Crippen molar-refractivity contribution in [2.24, 2.45) is 5.41 Å². The van der Waals surface area contributed by atoms with Crippen molar-refractivity contribution in [1.82, 2.24) is 25.5 Å². The predicted molar refractivity (Wildman–Crippen MR) is 77.0 cm³/mol. The van der Waals surface area contributed by atoms with Crippen molar-refractivity contribution in [1.29, 1.82) is 0 Å². The summed E-state index contributed by atoms with van der Waals surface area (Å²) in [6.45, 7) is 7.80. The third kappa shape index (κ3) is 3.11. The van der Waals surface area contributed by atoms with E-state index in [0.717, 1.165) is 17.6 Å². The molecule has 1 aromatic rings. The lowest BCUT2D eigenvalue weighted by Gasteiger charge is -2.26. The Balaban J connectivity index is 1.52. The molecular formula is C13H23N5S. The zero-order valence-corrected chi connectivity index (χ0v) is 12.8. The average molecular weight is 281 g/mol. The molecule has 0 radical (unpaired) electrons. The summed E-state index contributed by atoms with van der Waals surface area (Å²) in [5.41, 5.74) is 0.399. The minimum atomic E-state index is 0.399. The van der Waals surface area contributed by atoms with Gasteiger partial charge in [0.15, 0.2) is 5.82 Å². The van der Waals surface area contributed by atoms with Gasteiger partial charge in [0.25, 0.3) is 0 Å². The van der Waals surface area contributed by atoms with Crippen LogP contribution in [0.4, 0.5) is 0 Å². The van der Waals surface area contributed by atoms with Crippen LogP contribution in [0.2, 0.25) is 0 Å². The molecule has 1 N–H and O–H groups in total. The molecule has 1 saturated heterocycles. The highest BCUT2D eigenvalue weighted by Crippen LogP contribution is 2.39. The van der Waals surface area contributed by atoms with Gasteiger partial charge in [-0.25, -0.2) is 4.68 Å². The number of hydrogen-bond donors (Lipinski definition) is 1. The molecule has 0 amide bonds. The molecule has 5 nitrogen and oxygen atoms in total. The Kier molecular flexibility index (Phi) is 3.55. The zero-order chi connectivity index (χ0) is 13.5. The molecule has 106 valence electrons. The molecule has 1 aromatic heterocycles. The standard InChI is InChI=1S/C13H23N5S/c1-13(2,3)11-6-9(8-19-11)14-7-12-15-16-17-18(12)10-4-5-10/h9-11,14H,4-8H2,1-3H3. The highest BCUT2D eigenvalue weighted by molar-refractivity contribution is 8.00. The second-order valence-electron chi connectivity index (χ2n) is 6.77. The van der Waals surface area contributed by atoms with Crippen molar-refractivity contribution in [2.45, 2.75) is 63.9 Å². The number of aromatic nitrogens is 4. The lowest BCUT2D eigenvalue weighted by molar-refractivity contribution is 0.363. The summed E-state index contributed by atoms with van der Waals surface area (Å²) in [4.78, 5) is 0. The van der Waals surface area contributed by atoms with Crippen LogP contribution >= 0.6 is 11.8 Å². The normalized spacial score (nSPS) is 27.9. The smallest absolute Gasteiger partial charge is 0.165 e. The van der Waals surface area contributed by atoms with E-state index in [1.165, 1.54) is 25.0 Å². The Morgan fingerprint density at radius 2 is 2.16 bits per heavy atom. The Labute approximate surface area is 118 Å². The highest BCUT2D eigenvalue weighted by Gasteiger charge is 2.34. The van der Waals surface area contributed by atoms with E-state index in [1.807, 2.05) is 4.68 Å². The molecule has 2 heterocycles. The van der Waals surface area contributed by atoms with Gasteiger partial charge in [0.05, 0.1) is 12.6 Å². The fourth-order valence-electron chi connectivity index (χ4n) is 2.54. The van der Waals surface area contributed by atoms with Gasteiger partial charge >= 0.3 is 0 Å². The van der Waals surface area contributed by atoms with E-state index >= 15 is 0 Å². The quantitative estimate of drug-likeness (QED) is 0.915. The fourth-order valence-corrected chi connectivity index (χ4v) is 4.13. The van der Waals surface area contributed by atoms with Crippen molar-refractivity contribution < 1.29 is 0 Å². The number of thioether (sulfide) groups is 1. The van der Waals surface area contributed by atoms with Crippen molar-refractivity contribution >= 4 is 11.8 Å². The molecule has 3 rings (SSSR count). The van der Waals surface area contributed by atoms with E-state index < -0.39 is 0 Å². The molecule has 1 saturated carbocycles. The van der Waals surface area contributed by atoms with Crippen molar-refractivity contribution in [3.8, 4) is 0 Å². The van der Waals surface area contributed by atoms with Gasteiger partial charge in [-0.05, 0) is 35.1 Å². The monoisotopic (exact) mass is 281 g/mol. The van der Waals surface area contributed by atoms with Gasteiger partial charge in [0, 0.05) is 17.0 Å². The van der Waals surface area contributed by atoms with E-state index in [2.05, 4.69) is 53.4 Å². The maximum absolute atomic E-state index is 4.14. The van der Waals surface area contributed by atoms with Crippen LogP contribution in [0.15, 0.2) is 0 Å². The molecule has 2 fully saturated rings. The van der Waals surface area contributed by atoms with E-state index in [4.69, 9.17) is 0 Å². The Hall–Kier alpha value is -0.620. The predicted octanol–water partition coefficient (Wildman–Crippen LogP) is 2.02. The minimum absolute atomic E-state index is 0.399. The molecule has 2 atom stereocenters. The van der Waals surface area contributed by atoms with Gasteiger partial charge in [-0.3, -0.25) is 0 Å². The molecule has 19 heavy (non-hydrogen) atoms. The van der Waals surface area contributed by atoms with Gasteiger partial charge in [-0.15, -0.1) is 5.10 Å². The molecule has 2 aliphatic rings. The molecule has 2 unspecified atom stereocenters. The van der Waals surface area contributed by atoms with Gasteiger partial charge in [-0.1, -0.05) is 20.8 Å². The maximum Gasteiger partial charge on any atom is 0.165 e. The Morgan fingerprint density at radius 3 is 2.79 bits per heavy atom. The average Bonchev–Trinajstić information content (AvgIpc) is 2.91. The third-order valence-corrected chi connectivity index (χ3v) is 5.86. The van der Waals surface area contributed by atoms with Gasteiger partial charge in [0.2, 0.25) is 0 Å². The molecule has 6 heteroatoms. The largest absolute Gasteiger partial charge is 0.306 e. The number of nitrogens with zero attached hydrogens (tertiary/aromatic N) is 4. The second kappa shape index (κ2) is 5.05. The molecule has 1 aliphatic carbocycles. The van der Waals surface area contributed by atoms with Crippen molar-refractivity contribution in [2.75, 3.05) is 5.75 Å². The number of hydrogen-bond acceptors (Lipinski definition) is 5. The van der Waals surface area contributed by atoms with Crippen LogP contribution in [0.5, 0.6) is 0 Å². The van der Waals surface area contributed by atoms with E-state index in [9.17, 15) is 0 Å². The van der Waals surface area contributed by atoms with Crippen LogP contribution in [0.25, 0.3) is 0 Å². The van der Waals surface area contributed by atoms with Gasteiger partial charge < -0.3 is 5.32 Å². The Morgan fingerprint density at radius 1 is 1.37 bits per heavy atom. The first-order valence-corrected chi connectivity index (χ1v) is 8.20. The molecule has 0 bridgehead atoms. The SMILES string of the molecule is CC(C)(C)C1CC(NCc2nnnn2C2CC2)CS1. The van der Waals surface area contributed by atoms with E-state index in [1.54, 1.807) is 0 Å². The maximum atomic E-state index is 4.14. The summed E-state index contributed by atoms with van der Waals surface area (Å²) in [5.74, 6) is 2.19. The van der Waals surface area contributed by atoms with Crippen LogP contribution in [0.3, 0.4) is 0 Å². The summed E-state index contributed by atoms with van der Waals surface area (Å²) < 4.78 is 2.00.